The largest absolute Gasteiger partial charge is 0.372 e. The van der Waals surface area contributed by atoms with Crippen LogP contribution in [0.3, 0.4) is 0 Å². The molecule has 3 aromatic heterocycles. The highest BCUT2D eigenvalue weighted by atomic mass is 35.5. The normalized spacial score (nSPS) is 10.8. The smallest absolute Gasteiger partial charge is 0.170 e. The van der Waals surface area contributed by atoms with E-state index in [1.165, 1.54) is 11.8 Å². The Kier molecular flexibility index (Phi) is 3.27. The minimum Gasteiger partial charge on any atom is -0.372 e. The predicted octanol–water partition coefficient (Wildman–Crippen LogP) is 2.97. The van der Waals surface area contributed by atoms with E-state index in [0.29, 0.717) is 5.02 Å². The molecule has 0 saturated heterocycles. The SMILES string of the molecule is CNc1cn2ccnc2c(Sc2ccc(Cl)cn2)n1. The summed E-state index contributed by atoms with van der Waals surface area (Å²) < 4.78 is 1.93. The quantitative estimate of drug-likeness (QED) is 0.804. The summed E-state index contributed by atoms with van der Waals surface area (Å²) in [5, 5.41) is 5.27. The number of fused-ring (bicyclic) bond motifs is 1. The van der Waals surface area contributed by atoms with E-state index >= 15 is 0 Å². The fraction of sp³-hybridized carbons (Fsp3) is 0.0833. The molecule has 96 valence electrons. The second-order valence-corrected chi connectivity index (χ2v) is 5.20. The van der Waals surface area contributed by atoms with E-state index in [1.54, 1.807) is 12.4 Å². The van der Waals surface area contributed by atoms with Crippen LogP contribution in [-0.4, -0.2) is 26.4 Å². The van der Waals surface area contributed by atoms with Gasteiger partial charge in [-0.15, -0.1) is 0 Å². The van der Waals surface area contributed by atoms with E-state index in [-0.39, 0.29) is 0 Å². The Hall–Kier alpha value is -1.79. The van der Waals surface area contributed by atoms with Crippen molar-refractivity contribution in [3.8, 4) is 0 Å². The standard InChI is InChI=1S/C12H10ClN5S/c1-14-9-7-18-5-4-15-11(18)12(17-9)19-10-3-2-8(13)6-16-10/h2-7,14H,1H3. The third-order valence-electron chi connectivity index (χ3n) is 2.50. The highest BCUT2D eigenvalue weighted by molar-refractivity contribution is 7.99. The lowest BCUT2D eigenvalue weighted by Gasteiger charge is -2.06. The van der Waals surface area contributed by atoms with Gasteiger partial charge in [0.1, 0.15) is 15.9 Å². The van der Waals surface area contributed by atoms with Gasteiger partial charge in [0.05, 0.1) is 11.2 Å². The second-order valence-electron chi connectivity index (χ2n) is 3.76. The summed E-state index contributed by atoms with van der Waals surface area (Å²) in [6.07, 6.45) is 7.14. The van der Waals surface area contributed by atoms with Gasteiger partial charge in [0.15, 0.2) is 5.65 Å². The Morgan fingerprint density at radius 3 is 2.95 bits per heavy atom. The van der Waals surface area contributed by atoms with E-state index in [4.69, 9.17) is 11.6 Å². The molecule has 7 heteroatoms. The van der Waals surface area contributed by atoms with Crippen molar-refractivity contribution in [2.75, 3.05) is 12.4 Å². The van der Waals surface area contributed by atoms with Crippen LogP contribution in [0.15, 0.2) is 47.0 Å². The molecule has 0 bridgehead atoms. The van der Waals surface area contributed by atoms with Crippen LogP contribution in [-0.2, 0) is 0 Å². The summed E-state index contributed by atoms with van der Waals surface area (Å²) in [5.74, 6) is 0.780. The van der Waals surface area contributed by atoms with Crippen LogP contribution < -0.4 is 5.32 Å². The molecule has 0 fully saturated rings. The maximum atomic E-state index is 5.83. The summed E-state index contributed by atoms with van der Waals surface area (Å²) in [5.41, 5.74) is 0.806. The average Bonchev–Trinajstić information content (AvgIpc) is 2.89. The first-order chi connectivity index (χ1) is 9.26. The number of nitrogens with one attached hydrogen (secondary N) is 1. The number of rotatable bonds is 3. The maximum Gasteiger partial charge on any atom is 0.170 e. The summed E-state index contributed by atoms with van der Waals surface area (Å²) in [7, 11) is 1.83. The number of pyridine rings is 1. The first-order valence-electron chi connectivity index (χ1n) is 5.57. The topological polar surface area (TPSA) is 55.1 Å². The first-order valence-corrected chi connectivity index (χ1v) is 6.76. The molecule has 19 heavy (non-hydrogen) atoms. The zero-order valence-electron chi connectivity index (χ0n) is 10.0. The minimum absolute atomic E-state index is 0.618. The van der Waals surface area contributed by atoms with Crippen LogP contribution in [0, 0.1) is 0 Å². The number of aromatic nitrogens is 4. The van der Waals surface area contributed by atoms with Crippen LogP contribution in [0.25, 0.3) is 5.65 Å². The third kappa shape index (κ3) is 2.50. The van der Waals surface area contributed by atoms with Gasteiger partial charge >= 0.3 is 0 Å². The van der Waals surface area contributed by atoms with E-state index in [2.05, 4.69) is 20.3 Å². The number of nitrogens with zero attached hydrogens (tertiary/aromatic N) is 4. The Morgan fingerprint density at radius 1 is 1.32 bits per heavy atom. The van der Waals surface area contributed by atoms with Crippen molar-refractivity contribution >= 4 is 34.8 Å². The summed E-state index contributed by atoms with van der Waals surface area (Å²) >= 11 is 7.28. The van der Waals surface area contributed by atoms with Gasteiger partial charge in [-0.2, -0.15) is 0 Å². The molecule has 5 nitrogen and oxygen atoms in total. The molecule has 0 amide bonds. The van der Waals surface area contributed by atoms with Gasteiger partial charge in [-0.1, -0.05) is 11.6 Å². The van der Waals surface area contributed by atoms with Gasteiger partial charge in [-0.25, -0.2) is 15.0 Å². The molecule has 1 N–H and O–H groups in total. The van der Waals surface area contributed by atoms with Crippen molar-refractivity contribution in [3.05, 3.63) is 41.9 Å². The molecule has 0 aliphatic heterocycles. The number of imidazole rings is 1. The van der Waals surface area contributed by atoms with E-state index in [0.717, 1.165) is 21.5 Å². The molecule has 0 aliphatic rings. The van der Waals surface area contributed by atoms with Gasteiger partial charge in [0.25, 0.3) is 0 Å². The Morgan fingerprint density at radius 2 is 2.21 bits per heavy atom. The molecule has 3 heterocycles. The van der Waals surface area contributed by atoms with Gasteiger partial charge in [-0.05, 0) is 23.9 Å². The first kappa shape index (κ1) is 12.3. The molecular weight excluding hydrogens is 282 g/mol. The molecule has 0 radical (unpaired) electrons. The predicted molar refractivity (Wildman–Crippen MR) is 75.9 cm³/mol. The molecule has 0 aliphatic carbocycles. The summed E-state index contributed by atoms with van der Waals surface area (Å²) in [6.45, 7) is 0. The summed E-state index contributed by atoms with van der Waals surface area (Å²) in [6, 6.07) is 3.67. The van der Waals surface area contributed by atoms with Crippen molar-refractivity contribution in [2.45, 2.75) is 10.1 Å². The van der Waals surface area contributed by atoms with Gasteiger partial charge in [-0.3, -0.25) is 0 Å². The number of halogens is 1. The molecule has 3 aromatic rings. The van der Waals surface area contributed by atoms with Crippen LogP contribution in [0.5, 0.6) is 0 Å². The van der Waals surface area contributed by atoms with Gasteiger partial charge < -0.3 is 9.72 Å². The van der Waals surface area contributed by atoms with Crippen molar-refractivity contribution < 1.29 is 0 Å². The van der Waals surface area contributed by atoms with Crippen LogP contribution in [0.4, 0.5) is 5.82 Å². The third-order valence-corrected chi connectivity index (χ3v) is 3.64. The molecule has 0 aromatic carbocycles. The van der Waals surface area contributed by atoms with E-state index in [9.17, 15) is 0 Å². The van der Waals surface area contributed by atoms with Crippen molar-refractivity contribution in [3.63, 3.8) is 0 Å². The van der Waals surface area contributed by atoms with Crippen LogP contribution in [0.2, 0.25) is 5.02 Å². The molecule has 0 saturated carbocycles. The highest BCUT2D eigenvalue weighted by Crippen LogP contribution is 2.28. The zero-order valence-corrected chi connectivity index (χ0v) is 11.6. The molecule has 0 atom stereocenters. The minimum atomic E-state index is 0.618. The van der Waals surface area contributed by atoms with E-state index < -0.39 is 0 Å². The van der Waals surface area contributed by atoms with Gasteiger partial charge in [0, 0.05) is 25.6 Å². The van der Waals surface area contributed by atoms with Gasteiger partial charge in [0.2, 0.25) is 0 Å². The van der Waals surface area contributed by atoms with Crippen LogP contribution in [0.1, 0.15) is 0 Å². The molecule has 0 unspecified atom stereocenters. The average molecular weight is 292 g/mol. The lowest BCUT2D eigenvalue weighted by atomic mass is 10.5. The Labute approximate surface area is 119 Å². The second kappa shape index (κ2) is 5.07. The van der Waals surface area contributed by atoms with Crippen molar-refractivity contribution in [2.24, 2.45) is 0 Å². The van der Waals surface area contributed by atoms with Crippen molar-refractivity contribution in [1.82, 2.24) is 19.4 Å². The number of hydrogen-bond acceptors (Lipinski definition) is 5. The lowest BCUT2D eigenvalue weighted by Crippen LogP contribution is -1.98. The molecular formula is C12H10ClN5S. The Balaban J connectivity index is 2.03. The fourth-order valence-electron chi connectivity index (χ4n) is 1.61. The highest BCUT2D eigenvalue weighted by Gasteiger charge is 2.09. The fourth-order valence-corrected chi connectivity index (χ4v) is 2.56. The molecule has 3 rings (SSSR count). The maximum absolute atomic E-state index is 5.83. The zero-order chi connectivity index (χ0) is 13.2. The monoisotopic (exact) mass is 291 g/mol. The van der Waals surface area contributed by atoms with Crippen LogP contribution >= 0.6 is 23.4 Å². The Bertz CT molecular complexity index is 710. The molecule has 0 spiro atoms. The number of anilines is 1. The number of hydrogen-bond donors (Lipinski definition) is 1. The van der Waals surface area contributed by atoms with E-state index in [1.807, 2.05) is 36.0 Å². The lowest BCUT2D eigenvalue weighted by molar-refractivity contribution is 1.02. The summed E-state index contributed by atoms with van der Waals surface area (Å²) in [4.78, 5) is 13.1. The van der Waals surface area contributed by atoms with Crippen molar-refractivity contribution in [1.29, 1.82) is 0 Å².